The molecule has 1 atom stereocenters. The zero-order valence-corrected chi connectivity index (χ0v) is 19.0. The van der Waals surface area contributed by atoms with Gasteiger partial charge in [-0.3, -0.25) is 5.73 Å². The minimum atomic E-state index is -0.931. The smallest absolute Gasteiger partial charge is 0.338 e. The van der Waals surface area contributed by atoms with Crippen molar-refractivity contribution in [3.8, 4) is 17.6 Å². The lowest BCUT2D eigenvalue weighted by Gasteiger charge is -2.25. The van der Waals surface area contributed by atoms with E-state index < -0.39 is 6.23 Å². The van der Waals surface area contributed by atoms with E-state index in [1.165, 1.54) is 0 Å². The number of benzene rings is 2. The van der Waals surface area contributed by atoms with E-state index >= 15 is 0 Å². The lowest BCUT2D eigenvalue weighted by Crippen LogP contribution is -2.33. The van der Waals surface area contributed by atoms with Gasteiger partial charge in [-0.05, 0) is 55.8 Å². The van der Waals surface area contributed by atoms with E-state index in [1.807, 2.05) is 50.2 Å². The topological polar surface area (TPSA) is 106 Å². The first kappa shape index (κ1) is 22.1. The summed E-state index contributed by atoms with van der Waals surface area (Å²) in [4.78, 5) is 14.0. The van der Waals surface area contributed by atoms with Gasteiger partial charge in [-0.2, -0.15) is 10.4 Å². The highest BCUT2D eigenvalue weighted by Gasteiger charge is 2.33. The van der Waals surface area contributed by atoms with Gasteiger partial charge in [0.25, 0.3) is 0 Å². The molecule has 168 valence electrons. The second kappa shape index (κ2) is 8.81. The Morgan fingerprint density at radius 1 is 1.21 bits per heavy atom. The van der Waals surface area contributed by atoms with Crippen LogP contribution in [0.25, 0.3) is 11.3 Å². The Balaban J connectivity index is 1.82. The van der Waals surface area contributed by atoms with Crippen LogP contribution in [0.3, 0.4) is 0 Å². The van der Waals surface area contributed by atoms with E-state index in [0.29, 0.717) is 40.6 Å². The Morgan fingerprint density at radius 3 is 2.45 bits per heavy atom. The first-order valence-corrected chi connectivity index (χ1v) is 10.6. The average molecular weight is 444 g/mol. The number of nitrogens with zero attached hydrogens (tertiary/aromatic N) is 4. The molecule has 8 nitrogen and oxygen atoms in total. The van der Waals surface area contributed by atoms with Crippen molar-refractivity contribution in [1.29, 1.82) is 5.26 Å². The van der Waals surface area contributed by atoms with Gasteiger partial charge in [0.05, 0.1) is 34.7 Å². The standard InChI is InChI=1S/C25H25N5O3/c1-5-32-25(31)17-8-12-19(13-9-17)30-24-21(15(2)28-30)22(20(14-26)23(27)33-24)16-6-10-18(11-7-16)29(3)4/h6-13,23H,5,27H2,1-4H3. The number of hydrogen-bond acceptors (Lipinski definition) is 7. The van der Waals surface area contributed by atoms with E-state index in [-0.39, 0.29) is 5.97 Å². The highest BCUT2D eigenvalue weighted by atomic mass is 16.5. The molecule has 1 unspecified atom stereocenters. The predicted octanol–water partition coefficient (Wildman–Crippen LogP) is 3.43. The Bertz CT molecular complexity index is 1270. The Labute approximate surface area is 192 Å². The molecule has 3 aromatic rings. The number of aryl methyl sites for hydroxylation is 1. The van der Waals surface area contributed by atoms with E-state index in [2.05, 4.69) is 11.2 Å². The quantitative estimate of drug-likeness (QED) is 0.602. The highest BCUT2D eigenvalue weighted by Crippen LogP contribution is 2.42. The van der Waals surface area contributed by atoms with Crippen molar-refractivity contribution in [3.63, 3.8) is 0 Å². The first-order chi connectivity index (χ1) is 15.8. The number of esters is 1. The van der Waals surface area contributed by atoms with Crippen molar-refractivity contribution in [2.24, 2.45) is 5.73 Å². The highest BCUT2D eigenvalue weighted by molar-refractivity contribution is 5.90. The molecule has 1 aliphatic rings. The molecule has 0 amide bonds. The fourth-order valence-electron chi connectivity index (χ4n) is 3.83. The van der Waals surface area contributed by atoms with Crippen molar-refractivity contribution in [2.75, 3.05) is 25.6 Å². The van der Waals surface area contributed by atoms with Crippen molar-refractivity contribution < 1.29 is 14.3 Å². The monoisotopic (exact) mass is 443 g/mol. The summed E-state index contributed by atoms with van der Waals surface area (Å²) in [5.74, 6) is 0.0700. The van der Waals surface area contributed by atoms with Gasteiger partial charge < -0.3 is 14.4 Å². The van der Waals surface area contributed by atoms with Crippen LogP contribution in [0, 0.1) is 18.3 Å². The molecule has 0 spiro atoms. The third-order valence-corrected chi connectivity index (χ3v) is 5.48. The second-order valence-corrected chi connectivity index (χ2v) is 7.82. The molecule has 4 rings (SSSR count). The van der Waals surface area contributed by atoms with Crippen molar-refractivity contribution in [3.05, 3.63) is 76.5 Å². The molecular weight excluding hydrogens is 418 g/mol. The molecule has 2 N–H and O–H groups in total. The summed E-state index contributed by atoms with van der Waals surface area (Å²) in [6.45, 7) is 3.94. The summed E-state index contributed by atoms with van der Waals surface area (Å²) >= 11 is 0. The molecule has 1 aliphatic heterocycles. The Hall–Kier alpha value is -4.09. The molecule has 0 fully saturated rings. The van der Waals surface area contributed by atoms with Crippen LogP contribution in [0.15, 0.2) is 54.1 Å². The molecule has 1 aromatic heterocycles. The minimum Gasteiger partial charge on any atom is -0.462 e. The summed E-state index contributed by atoms with van der Waals surface area (Å²) in [6, 6.07) is 17.0. The first-order valence-electron chi connectivity index (χ1n) is 10.6. The van der Waals surface area contributed by atoms with E-state index in [0.717, 1.165) is 16.8 Å². The van der Waals surface area contributed by atoms with Crippen molar-refractivity contribution in [2.45, 2.75) is 20.1 Å². The second-order valence-electron chi connectivity index (χ2n) is 7.82. The van der Waals surface area contributed by atoms with Crippen LogP contribution < -0.4 is 15.4 Å². The normalized spacial score (nSPS) is 14.8. The van der Waals surface area contributed by atoms with Crippen LogP contribution in [0.5, 0.6) is 5.88 Å². The molecule has 0 bridgehead atoms. The van der Waals surface area contributed by atoms with Crippen molar-refractivity contribution in [1.82, 2.24) is 9.78 Å². The van der Waals surface area contributed by atoms with Gasteiger partial charge in [-0.1, -0.05) is 12.1 Å². The van der Waals surface area contributed by atoms with Crippen LogP contribution in [-0.2, 0) is 4.74 Å². The Kier molecular flexibility index (Phi) is 5.90. The number of fused-ring (bicyclic) bond motifs is 1. The zero-order chi connectivity index (χ0) is 23.7. The summed E-state index contributed by atoms with van der Waals surface area (Å²) < 4.78 is 12.7. The lowest BCUT2D eigenvalue weighted by molar-refractivity contribution is 0.0526. The number of hydrogen-bond donors (Lipinski definition) is 1. The SMILES string of the molecule is CCOC(=O)c1ccc(-n2nc(C)c3c2OC(N)C(C#N)=C3c2ccc(N(C)C)cc2)cc1. The fourth-order valence-corrected chi connectivity index (χ4v) is 3.83. The third-order valence-electron chi connectivity index (χ3n) is 5.48. The maximum Gasteiger partial charge on any atom is 0.338 e. The van der Waals surface area contributed by atoms with E-state index in [9.17, 15) is 10.1 Å². The number of carbonyl (C=O) groups is 1. The van der Waals surface area contributed by atoms with Crippen LogP contribution >= 0.6 is 0 Å². The molecule has 2 heterocycles. The van der Waals surface area contributed by atoms with Crippen LogP contribution in [0.2, 0.25) is 0 Å². The minimum absolute atomic E-state index is 0.310. The van der Waals surface area contributed by atoms with Gasteiger partial charge in [-0.15, -0.1) is 0 Å². The van der Waals surface area contributed by atoms with Gasteiger partial charge in [0.2, 0.25) is 5.88 Å². The molecule has 0 saturated heterocycles. The number of carbonyl (C=O) groups excluding carboxylic acids is 1. The molecular formula is C25H25N5O3. The number of nitriles is 1. The average Bonchev–Trinajstić information content (AvgIpc) is 3.14. The maximum absolute atomic E-state index is 12.0. The maximum atomic E-state index is 12.0. The number of anilines is 1. The largest absolute Gasteiger partial charge is 0.462 e. The van der Waals surface area contributed by atoms with E-state index in [4.69, 9.17) is 15.2 Å². The van der Waals surface area contributed by atoms with E-state index in [1.54, 1.807) is 35.9 Å². The number of ether oxygens (including phenoxy) is 2. The van der Waals surface area contributed by atoms with Crippen LogP contribution in [-0.4, -0.2) is 42.7 Å². The number of rotatable bonds is 5. The number of aromatic nitrogens is 2. The summed E-state index contributed by atoms with van der Waals surface area (Å²) in [5.41, 5.74) is 11.8. The van der Waals surface area contributed by atoms with Gasteiger partial charge >= 0.3 is 5.97 Å². The van der Waals surface area contributed by atoms with Crippen LogP contribution in [0.1, 0.15) is 34.1 Å². The van der Waals surface area contributed by atoms with Crippen molar-refractivity contribution >= 4 is 17.2 Å². The number of nitrogens with two attached hydrogens (primary N) is 1. The van der Waals surface area contributed by atoms with Gasteiger partial charge in [0, 0.05) is 25.4 Å². The van der Waals surface area contributed by atoms with Gasteiger partial charge in [0.15, 0.2) is 6.23 Å². The van der Waals surface area contributed by atoms with Gasteiger partial charge in [-0.25, -0.2) is 9.48 Å². The Morgan fingerprint density at radius 2 is 1.88 bits per heavy atom. The third kappa shape index (κ3) is 3.95. The predicted molar refractivity (Wildman–Crippen MR) is 125 cm³/mol. The van der Waals surface area contributed by atoms with Gasteiger partial charge in [0.1, 0.15) is 6.07 Å². The van der Waals surface area contributed by atoms with Crippen LogP contribution in [0.4, 0.5) is 5.69 Å². The molecule has 0 saturated carbocycles. The lowest BCUT2D eigenvalue weighted by atomic mass is 9.91. The molecule has 0 aliphatic carbocycles. The zero-order valence-electron chi connectivity index (χ0n) is 19.0. The summed E-state index contributed by atoms with van der Waals surface area (Å²) in [6.07, 6.45) is -0.931. The molecule has 8 heteroatoms. The molecule has 2 aromatic carbocycles. The fraction of sp³-hybridized carbons (Fsp3) is 0.240. The summed E-state index contributed by atoms with van der Waals surface area (Å²) in [5, 5.41) is 14.5. The summed E-state index contributed by atoms with van der Waals surface area (Å²) in [7, 11) is 3.94. The molecule has 33 heavy (non-hydrogen) atoms. The molecule has 0 radical (unpaired) electrons.